The quantitative estimate of drug-likeness (QED) is 0.858. The van der Waals surface area contributed by atoms with Gasteiger partial charge >= 0.3 is 6.18 Å². The van der Waals surface area contributed by atoms with Crippen molar-refractivity contribution in [2.24, 2.45) is 11.7 Å². The first kappa shape index (κ1) is 15.1. The molecule has 0 aromatic carbocycles. The first-order chi connectivity index (χ1) is 8.89. The van der Waals surface area contributed by atoms with Crippen LogP contribution in [0.3, 0.4) is 0 Å². The average molecular weight is 278 g/mol. The van der Waals surface area contributed by atoms with Crippen LogP contribution in [-0.2, 0) is 0 Å². The van der Waals surface area contributed by atoms with Crippen LogP contribution in [0.5, 0.6) is 0 Å². The minimum atomic E-state index is -4.04. The number of rotatable bonds is 3. The van der Waals surface area contributed by atoms with Crippen molar-refractivity contribution >= 4 is 0 Å². The molecule has 2 nitrogen and oxygen atoms in total. The summed E-state index contributed by atoms with van der Waals surface area (Å²) in [6.07, 6.45) is 2.41. The van der Waals surface area contributed by atoms with E-state index < -0.39 is 12.1 Å². The van der Waals surface area contributed by atoms with Crippen molar-refractivity contribution in [1.29, 1.82) is 0 Å². The highest BCUT2D eigenvalue weighted by atomic mass is 19.4. The van der Waals surface area contributed by atoms with Crippen molar-refractivity contribution in [1.82, 2.24) is 4.90 Å². The maximum atomic E-state index is 12.8. The first-order valence-corrected chi connectivity index (χ1v) is 7.39. The first-order valence-electron chi connectivity index (χ1n) is 7.39. The van der Waals surface area contributed by atoms with E-state index in [1.807, 2.05) is 0 Å². The lowest BCUT2D eigenvalue weighted by molar-refractivity contribution is -0.188. The van der Waals surface area contributed by atoms with Crippen LogP contribution in [0.1, 0.15) is 51.4 Å². The van der Waals surface area contributed by atoms with E-state index in [1.54, 1.807) is 0 Å². The van der Waals surface area contributed by atoms with Gasteiger partial charge in [0.05, 0.1) is 5.92 Å². The molecule has 0 saturated heterocycles. The number of nitrogens with zero attached hydrogens (tertiary/aromatic N) is 1. The third-order valence-electron chi connectivity index (χ3n) is 5.38. The Morgan fingerprint density at radius 2 is 1.63 bits per heavy atom. The van der Waals surface area contributed by atoms with Crippen LogP contribution in [0, 0.1) is 5.92 Å². The second kappa shape index (κ2) is 5.60. The third-order valence-corrected chi connectivity index (χ3v) is 5.38. The summed E-state index contributed by atoms with van der Waals surface area (Å²) < 4.78 is 38.3. The van der Waals surface area contributed by atoms with E-state index in [0.29, 0.717) is 25.4 Å². The van der Waals surface area contributed by atoms with E-state index in [2.05, 4.69) is 11.9 Å². The van der Waals surface area contributed by atoms with Gasteiger partial charge in [-0.05, 0) is 45.6 Å². The van der Waals surface area contributed by atoms with Crippen LogP contribution in [0.2, 0.25) is 0 Å². The molecule has 0 bridgehead atoms. The number of hydrogen-bond acceptors (Lipinski definition) is 2. The molecule has 0 aliphatic heterocycles. The van der Waals surface area contributed by atoms with Gasteiger partial charge in [0.1, 0.15) is 0 Å². The number of halogens is 3. The molecule has 2 aliphatic carbocycles. The molecule has 19 heavy (non-hydrogen) atoms. The summed E-state index contributed by atoms with van der Waals surface area (Å²) in [6.45, 7) is 0.477. The SMILES string of the molecule is CN(C1CCCC1)C1(CN)CCC(C(F)(F)F)CC1. The monoisotopic (exact) mass is 278 g/mol. The van der Waals surface area contributed by atoms with Gasteiger partial charge in [-0.3, -0.25) is 4.90 Å². The number of likely N-dealkylation sites (N-methyl/N-ethyl adjacent to an activating group) is 1. The van der Waals surface area contributed by atoms with Crippen LogP contribution in [0.4, 0.5) is 13.2 Å². The Labute approximate surface area is 113 Å². The van der Waals surface area contributed by atoms with E-state index in [0.717, 1.165) is 0 Å². The van der Waals surface area contributed by atoms with Gasteiger partial charge in [0, 0.05) is 18.1 Å². The Bertz CT molecular complexity index is 290. The molecule has 0 radical (unpaired) electrons. The highest BCUT2D eigenvalue weighted by molar-refractivity contribution is 4.98. The standard InChI is InChI=1S/C14H25F3N2/c1-19(12-4-2-3-5-12)13(10-18)8-6-11(7-9-13)14(15,16)17/h11-12H,2-10,18H2,1H3. The fourth-order valence-corrected chi connectivity index (χ4v) is 3.86. The lowest BCUT2D eigenvalue weighted by atomic mass is 9.74. The number of alkyl halides is 3. The lowest BCUT2D eigenvalue weighted by Crippen LogP contribution is -2.57. The molecule has 0 spiro atoms. The topological polar surface area (TPSA) is 29.3 Å². The Hall–Kier alpha value is -0.290. The molecule has 0 atom stereocenters. The van der Waals surface area contributed by atoms with Gasteiger partial charge < -0.3 is 5.73 Å². The van der Waals surface area contributed by atoms with Crippen molar-refractivity contribution in [3.63, 3.8) is 0 Å². The fourth-order valence-electron chi connectivity index (χ4n) is 3.86. The molecule has 2 fully saturated rings. The maximum Gasteiger partial charge on any atom is 0.391 e. The molecule has 2 N–H and O–H groups in total. The molecule has 2 saturated carbocycles. The Morgan fingerprint density at radius 1 is 1.11 bits per heavy atom. The molecule has 0 heterocycles. The summed E-state index contributed by atoms with van der Waals surface area (Å²) in [5.74, 6) is -1.12. The molecular weight excluding hydrogens is 253 g/mol. The largest absolute Gasteiger partial charge is 0.391 e. The zero-order valence-electron chi connectivity index (χ0n) is 11.7. The summed E-state index contributed by atoms with van der Waals surface area (Å²) in [6, 6.07) is 0.519. The van der Waals surface area contributed by atoms with Crippen molar-refractivity contribution in [2.45, 2.75) is 69.1 Å². The summed E-state index contributed by atoms with van der Waals surface area (Å²) in [5, 5.41) is 0. The van der Waals surface area contributed by atoms with Crippen molar-refractivity contribution in [2.75, 3.05) is 13.6 Å². The summed E-state index contributed by atoms with van der Waals surface area (Å²) in [7, 11) is 2.07. The third kappa shape index (κ3) is 3.07. The minimum absolute atomic E-state index is 0.198. The minimum Gasteiger partial charge on any atom is -0.329 e. The predicted octanol–water partition coefficient (Wildman–Crippen LogP) is 3.31. The highest BCUT2D eigenvalue weighted by Gasteiger charge is 2.47. The maximum absolute atomic E-state index is 12.8. The molecule has 5 heteroatoms. The molecule has 0 aromatic heterocycles. The van der Waals surface area contributed by atoms with Crippen LogP contribution >= 0.6 is 0 Å². The normalized spacial score (nSPS) is 34.1. The lowest BCUT2D eigenvalue weighted by Gasteiger charge is -2.48. The number of hydrogen-bond donors (Lipinski definition) is 1. The highest BCUT2D eigenvalue weighted by Crippen LogP contribution is 2.44. The van der Waals surface area contributed by atoms with Crippen molar-refractivity contribution < 1.29 is 13.2 Å². The van der Waals surface area contributed by atoms with E-state index in [-0.39, 0.29) is 18.4 Å². The summed E-state index contributed by atoms with van der Waals surface area (Å²) >= 11 is 0. The Balaban J connectivity index is 2.00. The molecule has 112 valence electrons. The molecule has 2 aliphatic rings. The molecule has 2 rings (SSSR count). The van der Waals surface area contributed by atoms with Gasteiger partial charge in [0.2, 0.25) is 0 Å². The average Bonchev–Trinajstić information content (AvgIpc) is 2.90. The number of nitrogens with two attached hydrogens (primary N) is 1. The smallest absolute Gasteiger partial charge is 0.329 e. The molecule has 0 amide bonds. The molecule has 0 aromatic rings. The van der Waals surface area contributed by atoms with E-state index in [4.69, 9.17) is 5.73 Å². The Kier molecular flexibility index (Phi) is 4.45. The Morgan fingerprint density at radius 3 is 2.05 bits per heavy atom. The van der Waals surface area contributed by atoms with Gasteiger partial charge in [-0.15, -0.1) is 0 Å². The summed E-state index contributed by atoms with van der Waals surface area (Å²) in [5.41, 5.74) is 5.74. The van der Waals surface area contributed by atoms with Crippen molar-refractivity contribution in [3.05, 3.63) is 0 Å². The van der Waals surface area contributed by atoms with Crippen LogP contribution in [0.25, 0.3) is 0 Å². The van der Waals surface area contributed by atoms with E-state index in [1.165, 1.54) is 25.7 Å². The molecular formula is C14H25F3N2. The second-order valence-electron chi connectivity index (χ2n) is 6.29. The van der Waals surface area contributed by atoms with Gasteiger partial charge in [-0.25, -0.2) is 0 Å². The summed E-state index contributed by atoms with van der Waals surface area (Å²) in [4.78, 5) is 2.31. The van der Waals surface area contributed by atoms with Gasteiger partial charge in [-0.2, -0.15) is 13.2 Å². The molecule has 0 unspecified atom stereocenters. The van der Waals surface area contributed by atoms with Gasteiger partial charge in [0.15, 0.2) is 0 Å². The van der Waals surface area contributed by atoms with E-state index in [9.17, 15) is 13.2 Å². The van der Waals surface area contributed by atoms with E-state index >= 15 is 0 Å². The predicted molar refractivity (Wildman–Crippen MR) is 69.8 cm³/mol. The van der Waals surface area contributed by atoms with Crippen LogP contribution in [0.15, 0.2) is 0 Å². The van der Waals surface area contributed by atoms with Gasteiger partial charge in [-0.1, -0.05) is 12.8 Å². The van der Waals surface area contributed by atoms with Crippen LogP contribution in [-0.4, -0.2) is 36.2 Å². The van der Waals surface area contributed by atoms with Gasteiger partial charge in [0.25, 0.3) is 0 Å². The van der Waals surface area contributed by atoms with Crippen LogP contribution < -0.4 is 5.73 Å². The second-order valence-corrected chi connectivity index (χ2v) is 6.29. The van der Waals surface area contributed by atoms with Crippen molar-refractivity contribution in [3.8, 4) is 0 Å². The fraction of sp³-hybridized carbons (Fsp3) is 1.00. The zero-order chi connectivity index (χ0) is 14.1. The zero-order valence-corrected chi connectivity index (χ0v) is 11.7.